The first-order chi connectivity index (χ1) is 19.9. The molecule has 0 aliphatic carbocycles. The van der Waals surface area contributed by atoms with E-state index in [4.69, 9.17) is 33.2 Å². The number of hydrogen-bond acceptors (Lipinski definition) is 13. The molecular weight excluding hydrogens is 556 g/mol. The summed E-state index contributed by atoms with van der Waals surface area (Å²) >= 11 is 0. The van der Waals surface area contributed by atoms with Crippen molar-refractivity contribution in [2.75, 3.05) is 52.9 Å². The molecular formula is C29H50O13. The molecule has 0 saturated carbocycles. The van der Waals surface area contributed by atoms with Crippen molar-refractivity contribution < 1.29 is 62.2 Å². The molecule has 0 aromatic carbocycles. The second kappa shape index (κ2) is 21.9. The van der Waals surface area contributed by atoms with E-state index in [1.54, 1.807) is 34.6 Å². The minimum atomic E-state index is -1.28. The summed E-state index contributed by atoms with van der Waals surface area (Å²) < 4.78 is 38.6. The van der Waals surface area contributed by atoms with Gasteiger partial charge in [-0.3, -0.25) is 24.0 Å². The number of aliphatic hydroxyl groups is 1. The van der Waals surface area contributed by atoms with Gasteiger partial charge in [0.1, 0.15) is 33.0 Å². The van der Waals surface area contributed by atoms with Gasteiger partial charge >= 0.3 is 29.8 Å². The van der Waals surface area contributed by atoms with Crippen LogP contribution in [0.15, 0.2) is 0 Å². The fraction of sp³-hybridized carbons (Fsp3) is 0.828. The summed E-state index contributed by atoms with van der Waals surface area (Å²) in [7, 11) is 0. The molecule has 0 aliphatic heterocycles. The molecule has 1 N–H and O–H groups in total. The minimum Gasteiger partial charge on any atom is -0.465 e. The molecule has 0 saturated heterocycles. The van der Waals surface area contributed by atoms with Crippen molar-refractivity contribution in [3.8, 4) is 0 Å². The van der Waals surface area contributed by atoms with Gasteiger partial charge in [-0.05, 0) is 6.42 Å². The van der Waals surface area contributed by atoms with Gasteiger partial charge in [-0.25, -0.2) is 0 Å². The van der Waals surface area contributed by atoms with Crippen molar-refractivity contribution in [1.82, 2.24) is 0 Å². The highest BCUT2D eigenvalue weighted by Gasteiger charge is 2.40. The number of ether oxygens (including phenoxy) is 7. The first kappa shape index (κ1) is 39.2. The van der Waals surface area contributed by atoms with Crippen LogP contribution in [0.3, 0.4) is 0 Å². The standard InChI is InChI=1S/C29H50O13/c1-7-13-27(35)42-21-29(19-40-25(33)11-5,20-41-26(34)12-6)15-36-14-28(16-37-22(30)8-2,17-38-23(31)9-3)18-39-24(32)10-4/h27,35H,7-21H2,1-6H3. The molecule has 0 aromatic rings. The van der Waals surface area contributed by atoms with E-state index in [0.29, 0.717) is 12.8 Å². The molecule has 0 spiro atoms. The predicted octanol–water partition coefficient (Wildman–Crippen LogP) is 2.88. The highest BCUT2D eigenvalue weighted by Crippen LogP contribution is 2.27. The molecule has 1 atom stereocenters. The van der Waals surface area contributed by atoms with Crippen molar-refractivity contribution in [2.45, 2.75) is 92.8 Å². The van der Waals surface area contributed by atoms with E-state index in [0.717, 1.165) is 0 Å². The van der Waals surface area contributed by atoms with Gasteiger partial charge in [-0.15, -0.1) is 0 Å². The number of carbonyl (C=O) groups excluding carboxylic acids is 5. The Balaban J connectivity index is 6.23. The zero-order chi connectivity index (χ0) is 32.0. The van der Waals surface area contributed by atoms with Crippen LogP contribution in [0.5, 0.6) is 0 Å². The Labute approximate surface area is 248 Å². The lowest BCUT2D eigenvalue weighted by atomic mass is 9.90. The van der Waals surface area contributed by atoms with Gasteiger partial charge in [0.05, 0.1) is 30.7 Å². The van der Waals surface area contributed by atoms with Crippen LogP contribution in [0.4, 0.5) is 0 Å². The molecule has 0 aliphatic rings. The molecule has 0 fully saturated rings. The molecule has 0 aromatic heterocycles. The van der Waals surface area contributed by atoms with E-state index in [1.807, 2.05) is 6.92 Å². The first-order valence-corrected chi connectivity index (χ1v) is 14.6. The lowest BCUT2D eigenvalue weighted by Crippen LogP contribution is -2.47. The van der Waals surface area contributed by atoms with Crippen LogP contribution in [0.1, 0.15) is 86.5 Å². The molecule has 13 heteroatoms. The number of aliphatic hydroxyl groups excluding tert-OH is 1. The molecule has 0 rings (SSSR count). The van der Waals surface area contributed by atoms with Crippen LogP contribution in [0.2, 0.25) is 0 Å². The van der Waals surface area contributed by atoms with Gasteiger partial charge in [0.15, 0.2) is 6.29 Å². The highest BCUT2D eigenvalue weighted by atomic mass is 16.6. The van der Waals surface area contributed by atoms with Gasteiger partial charge in [-0.1, -0.05) is 48.0 Å². The van der Waals surface area contributed by atoms with Gasteiger partial charge in [0.2, 0.25) is 0 Å². The number of rotatable bonds is 24. The zero-order valence-electron chi connectivity index (χ0n) is 26.0. The van der Waals surface area contributed by atoms with Crippen molar-refractivity contribution in [1.29, 1.82) is 0 Å². The van der Waals surface area contributed by atoms with E-state index in [2.05, 4.69) is 0 Å². The Morgan fingerprint density at radius 3 is 1.05 bits per heavy atom. The summed E-state index contributed by atoms with van der Waals surface area (Å²) in [6, 6.07) is 0. The van der Waals surface area contributed by atoms with Crippen molar-refractivity contribution >= 4 is 29.8 Å². The molecule has 13 nitrogen and oxygen atoms in total. The molecule has 244 valence electrons. The maximum atomic E-state index is 12.1. The van der Waals surface area contributed by atoms with E-state index in [1.165, 1.54) is 0 Å². The number of carbonyl (C=O) groups is 5. The molecule has 0 radical (unpaired) electrons. The Kier molecular flexibility index (Phi) is 20.4. The van der Waals surface area contributed by atoms with Crippen LogP contribution in [-0.2, 0) is 57.1 Å². The van der Waals surface area contributed by atoms with Crippen LogP contribution in [-0.4, -0.2) is 94.1 Å². The summed E-state index contributed by atoms with van der Waals surface area (Å²) in [4.78, 5) is 60.2. The van der Waals surface area contributed by atoms with E-state index in [-0.39, 0.29) is 85.0 Å². The summed E-state index contributed by atoms with van der Waals surface area (Å²) in [5.41, 5.74) is -2.52. The second-order valence-electron chi connectivity index (χ2n) is 10.1. The Bertz CT molecular complexity index is 756. The maximum Gasteiger partial charge on any atom is 0.305 e. The average molecular weight is 607 g/mol. The van der Waals surface area contributed by atoms with Gasteiger partial charge in [-0.2, -0.15) is 0 Å². The lowest BCUT2D eigenvalue weighted by molar-refractivity contribution is -0.185. The minimum absolute atomic E-state index is 0.0898. The number of esters is 5. The highest BCUT2D eigenvalue weighted by molar-refractivity contribution is 5.70. The quantitative estimate of drug-likeness (QED) is 0.0967. The third-order valence-corrected chi connectivity index (χ3v) is 6.07. The summed E-state index contributed by atoms with van der Waals surface area (Å²) in [5, 5.41) is 10.2. The zero-order valence-corrected chi connectivity index (χ0v) is 26.0. The van der Waals surface area contributed by atoms with E-state index < -0.39 is 47.0 Å². The third-order valence-electron chi connectivity index (χ3n) is 6.07. The smallest absolute Gasteiger partial charge is 0.305 e. The van der Waals surface area contributed by atoms with Gasteiger partial charge in [0.25, 0.3) is 0 Å². The normalized spacial score (nSPS) is 12.3. The molecule has 42 heavy (non-hydrogen) atoms. The van der Waals surface area contributed by atoms with Crippen molar-refractivity contribution in [3.63, 3.8) is 0 Å². The Morgan fingerprint density at radius 2 is 0.786 bits per heavy atom. The fourth-order valence-corrected chi connectivity index (χ4v) is 3.27. The Hall–Kier alpha value is -2.77. The van der Waals surface area contributed by atoms with Gasteiger partial charge < -0.3 is 38.3 Å². The van der Waals surface area contributed by atoms with E-state index >= 15 is 0 Å². The average Bonchev–Trinajstić information content (AvgIpc) is 3.00. The van der Waals surface area contributed by atoms with Gasteiger partial charge in [0, 0.05) is 32.1 Å². The molecule has 1 unspecified atom stereocenters. The molecule has 0 heterocycles. The predicted molar refractivity (Wildman–Crippen MR) is 149 cm³/mol. The fourth-order valence-electron chi connectivity index (χ4n) is 3.27. The molecule has 0 bridgehead atoms. The monoisotopic (exact) mass is 606 g/mol. The first-order valence-electron chi connectivity index (χ1n) is 14.6. The Morgan fingerprint density at radius 1 is 0.500 bits per heavy atom. The van der Waals surface area contributed by atoms with Crippen LogP contribution in [0, 0.1) is 10.8 Å². The molecule has 0 amide bonds. The van der Waals surface area contributed by atoms with E-state index in [9.17, 15) is 29.1 Å². The second-order valence-corrected chi connectivity index (χ2v) is 10.1. The SMILES string of the molecule is CCCC(O)OCC(COCC(COC(=O)CC)(COC(=O)CC)COC(=O)CC)(COC(=O)CC)COC(=O)CC. The number of hydrogen-bond donors (Lipinski definition) is 1. The van der Waals surface area contributed by atoms with Crippen molar-refractivity contribution in [2.24, 2.45) is 10.8 Å². The third kappa shape index (κ3) is 16.6. The summed E-state index contributed by atoms with van der Waals surface area (Å²) in [5.74, 6) is -2.57. The topological polar surface area (TPSA) is 170 Å². The summed E-state index contributed by atoms with van der Waals surface area (Å²) in [6.45, 7) is 7.93. The summed E-state index contributed by atoms with van der Waals surface area (Å²) in [6.07, 6.45) is 0.341. The van der Waals surface area contributed by atoms with Crippen molar-refractivity contribution in [3.05, 3.63) is 0 Å². The van der Waals surface area contributed by atoms with Crippen LogP contribution >= 0.6 is 0 Å². The van der Waals surface area contributed by atoms with Crippen LogP contribution in [0.25, 0.3) is 0 Å². The lowest BCUT2D eigenvalue weighted by Gasteiger charge is -2.36. The largest absolute Gasteiger partial charge is 0.465 e. The van der Waals surface area contributed by atoms with Crippen LogP contribution < -0.4 is 0 Å². The maximum absolute atomic E-state index is 12.1.